The second-order valence-electron chi connectivity index (χ2n) is 2.97. The van der Waals surface area contributed by atoms with Gasteiger partial charge < -0.3 is 15.2 Å². The molecule has 0 amide bonds. The first-order chi connectivity index (χ1) is 6.45. The normalized spacial score (nSPS) is 14.4. The van der Waals surface area contributed by atoms with Crippen molar-refractivity contribution >= 4 is 0 Å². The van der Waals surface area contributed by atoms with Crippen LogP contribution in [0, 0.1) is 0 Å². The Hall–Kier alpha value is -0.330. The fourth-order valence-electron chi connectivity index (χ4n) is 0.753. The summed E-state index contributed by atoms with van der Waals surface area (Å²) in [7, 11) is 0. The van der Waals surface area contributed by atoms with Crippen molar-refractivity contribution in [2.45, 2.75) is 25.6 Å². The number of nitrogens with two attached hydrogens (primary N) is 1. The third-order valence-corrected chi connectivity index (χ3v) is 1.28. The maximum atomic E-state index is 11.6. The maximum absolute atomic E-state index is 11.6. The van der Waals surface area contributed by atoms with Crippen molar-refractivity contribution in [3.05, 3.63) is 0 Å². The molecule has 2 N–H and O–H groups in total. The molecule has 0 saturated heterocycles. The van der Waals surface area contributed by atoms with Crippen LogP contribution in [0.2, 0.25) is 0 Å². The van der Waals surface area contributed by atoms with E-state index in [4.69, 9.17) is 10.5 Å². The van der Waals surface area contributed by atoms with Crippen molar-refractivity contribution < 1.29 is 22.6 Å². The lowest BCUT2D eigenvalue weighted by Crippen LogP contribution is -2.33. The molecule has 1 atom stereocenters. The van der Waals surface area contributed by atoms with E-state index < -0.39 is 18.8 Å². The molecule has 14 heavy (non-hydrogen) atoms. The first kappa shape index (κ1) is 13.7. The fourth-order valence-corrected chi connectivity index (χ4v) is 0.753. The van der Waals surface area contributed by atoms with Crippen LogP contribution in [0.1, 0.15) is 13.3 Å². The molecule has 0 aromatic heterocycles. The van der Waals surface area contributed by atoms with Gasteiger partial charge in [-0.25, -0.2) is 0 Å². The average Bonchev–Trinajstić information content (AvgIpc) is 2.02. The third-order valence-electron chi connectivity index (χ3n) is 1.28. The first-order valence-electron chi connectivity index (χ1n) is 4.43. The highest BCUT2D eigenvalue weighted by atomic mass is 19.4. The number of hydrogen-bond donors (Lipinski definition) is 1. The van der Waals surface area contributed by atoms with Gasteiger partial charge in [0.2, 0.25) is 0 Å². The molecule has 0 aliphatic heterocycles. The molecule has 1 unspecified atom stereocenters. The Balaban J connectivity index is 3.31. The molecule has 0 fully saturated rings. The van der Waals surface area contributed by atoms with E-state index in [0.29, 0.717) is 6.61 Å². The fraction of sp³-hybridized carbons (Fsp3) is 1.00. The van der Waals surface area contributed by atoms with Gasteiger partial charge in [-0.05, 0) is 6.42 Å². The van der Waals surface area contributed by atoms with Gasteiger partial charge >= 0.3 is 6.18 Å². The van der Waals surface area contributed by atoms with Crippen molar-refractivity contribution in [2.75, 3.05) is 26.4 Å². The van der Waals surface area contributed by atoms with E-state index in [9.17, 15) is 13.2 Å². The Kier molecular flexibility index (Phi) is 6.86. The molecule has 0 saturated carbocycles. The first-order valence-corrected chi connectivity index (χ1v) is 4.43. The molecule has 0 radical (unpaired) electrons. The second-order valence-corrected chi connectivity index (χ2v) is 2.97. The summed E-state index contributed by atoms with van der Waals surface area (Å²) in [5, 5.41) is 0. The molecule has 0 rings (SSSR count). The van der Waals surface area contributed by atoms with Gasteiger partial charge in [0, 0.05) is 6.61 Å². The Morgan fingerprint density at radius 1 is 1.21 bits per heavy atom. The van der Waals surface area contributed by atoms with Crippen LogP contribution in [0.4, 0.5) is 13.2 Å². The monoisotopic (exact) mass is 215 g/mol. The van der Waals surface area contributed by atoms with E-state index in [0.717, 1.165) is 6.42 Å². The van der Waals surface area contributed by atoms with Gasteiger partial charge in [-0.1, -0.05) is 6.92 Å². The van der Waals surface area contributed by atoms with E-state index in [1.54, 1.807) is 0 Å². The Labute approximate surface area is 81.4 Å². The molecule has 0 aliphatic rings. The minimum absolute atomic E-state index is 0.136. The minimum atomic E-state index is -4.29. The number of alkyl halides is 3. The lowest BCUT2D eigenvalue weighted by atomic mass is 10.3. The van der Waals surface area contributed by atoms with E-state index in [-0.39, 0.29) is 13.2 Å². The van der Waals surface area contributed by atoms with E-state index in [2.05, 4.69) is 4.74 Å². The molecule has 0 aliphatic carbocycles. The number of rotatable bonds is 7. The van der Waals surface area contributed by atoms with Gasteiger partial charge in [-0.15, -0.1) is 0 Å². The van der Waals surface area contributed by atoms with Crippen LogP contribution in [0.3, 0.4) is 0 Å². The van der Waals surface area contributed by atoms with Crippen molar-refractivity contribution in [2.24, 2.45) is 5.73 Å². The zero-order valence-corrected chi connectivity index (χ0v) is 8.14. The van der Waals surface area contributed by atoms with E-state index in [1.165, 1.54) is 0 Å². The van der Waals surface area contributed by atoms with E-state index in [1.807, 2.05) is 6.92 Å². The van der Waals surface area contributed by atoms with Gasteiger partial charge in [-0.2, -0.15) is 13.2 Å². The van der Waals surface area contributed by atoms with Crippen LogP contribution in [0.5, 0.6) is 0 Å². The van der Waals surface area contributed by atoms with Gasteiger partial charge in [0.1, 0.15) is 6.61 Å². The highest BCUT2D eigenvalue weighted by Crippen LogP contribution is 2.14. The highest BCUT2D eigenvalue weighted by Gasteiger charge is 2.27. The standard InChI is InChI=1S/C8H16F3NO2/c1-2-3-13-4-7(12)5-14-6-8(9,10)11/h7H,2-6,12H2,1H3. The smallest absolute Gasteiger partial charge is 0.380 e. The second kappa shape index (κ2) is 7.03. The maximum Gasteiger partial charge on any atom is 0.411 e. The van der Waals surface area contributed by atoms with Crippen LogP contribution in [0.25, 0.3) is 0 Å². The van der Waals surface area contributed by atoms with Crippen molar-refractivity contribution in [3.8, 4) is 0 Å². The van der Waals surface area contributed by atoms with Crippen LogP contribution in [-0.4, -0.2) is 38.6 Å². The van der Waals surface area contributed by atoms with Crippen molar-refractivity contribution in [3.63, 3.8) is 0 Å². The summed E-state index contributed by atoms with van der Waals surface area (Å²) < 4.78 is 44.2. The summed E-state index contributed by atoms with van der Waals surface area (Å²) >= 11 is 0. The molecule has 0 bridgehead atoms. The summed E-state index contributed by atoms with van der Waals surface area (Å²) in [6.45, 7) is 1.34. The molecular formula is C8H16F3NO2. The molecular weight excluding hydrogens is 199 g/mol. The van der Waals surface area contributed by atoms with Crippen molar-refractivity contribution in [1.29, 1.82) is 0 Å². The summed E-state index contributed by atoms with van der Waals surface area (Å²) in [5.41, 5.74) is 5.43. The highest BCUT2D eigenvalue weighted by molar-refractivity contribution is 4.58. The Morgan fingerprint density at radius 3 is 2.29 bits per heavy atom. The van der Waals surface area contributed by atoms with Gasteiger partial charge in [0.15, 0.2) is 0 Å². The zero-order valence-electron chi connectivity index (χ0n) is 8.14. The molecule has 0 spiro atoms. The van der Waals surface area contributed by atoms with E-state index >= 15 is 0 Å². The largest absolute Gasteiger partial charge is 0.411 e. The van der Waals surface area contributed by atoms with Gasteiger partial charge in [0.05, 0.1) is 19.3 Å². The number of hydrogen-bond acceptors (Lipinski definition) is 3. The topological polar surface area (TPSA) is 44.5 Å². The number of ether oxygens (including phenoxy) is 2. The average molecular weight is 215 g/mol. The van der Waals surface area contributed by atoms with Crippen LogP contribution < -0.4 is 5.73 Å². The lowest BCUT2D eigenvalue weighted by Gasteiger charge is -2.13. The molecule has 0 heterocycles. The zero-order chi connectivity index (χ0) is 11.0. The predicted octanol–water partition coefficient (Wildman–Crippen LogP) is 1.32. The van der Waals surface area contributed by atoms with Crippen LogP contribution in [0.15, 0.2) is 0 Å². The van der Waals surface area contributed by atoms with Crippen molar-refractivity contribution in [1.82, 2.24) is 0 Å². The van der Waals surface area contributed by atoms with Crippen LogP contribution in [-0.2, 0) is 9.47 Å². The molecule has 0 aromatic carbocycles. The lowest BCUT2D eigenvalue weighted by molar-refractivity contribution is -0.175. The minimum Gasteiger partial charge on any atom is -0.380 e. The quantitative estimate of drug-likeness (QED) is 0.651. The summed E-state index contributed by atoms with van der Waals surface area (Å²) in [5.74, 6) is 0. The van der Waals surface area contributed by atoms with Crippen LogP contribution >= 0.6 is 0 Å². The summed E-state index contributed by atoms with van der Waals surface area (Å²) in [6, 6.07) is -0.496. The number of halogens is 3. The molecule has 0 aromatic rings. The molecule has 86 valence electrons. The third kappa shape index (κ3) is 9.76. The Bertz CT molecular complexity index is 141. The summed E-state index contributed by atoms with van der Waals surface area (Å²) in [4.78, 5) is 0. The predicted molar refractivity (Wildman–Crippen MR) is 46.0 cm³/mol. The van der Waals surface area contributed by atoms with Gasteiger partial charge in [0.25, 0.3) is 0 Å². The Morgan fingerprint density at radius 2 is 1.79 bits per heavy atom. The molecule has 3 nitrogen and oxygen atoms in total. The van der Waals surface area contributed by atoms with Gasteiger partial charge in [-0.3, -0.25) is 0 Å². The molecule has 6 heteroatoms. The SMILES string of the molecule is CCCOCC(N)COCC(F)(F)F. The summed E-state index contributed by atoms with van der Waals surface area (Å²) in [6.07, 6.45) is -3.43.